The van der Waals surface area contributed by atoms with Crippen LogP contribution in [0.1, 0.15) is 17.0 Å². The van der Waals surface area contributed by atoms with Crippen molar-refractivity contribution in [2.24, 2.45) is 0 Å². The number of hydrogen-bond acceptors (Lipinski definition) is 4. The van der Waals surface area contributed by atoms with Gasteiger partial charge < -0.3 is 9.88 Å². The molecule has 1 N–H and O–H groups in total. The van der Waals surface area contributed by atoms with E-state index in [0.717, 1.165) is 35.3 Å². The van der Waals surface area contributed by atoms with E-state index < -0.39 is 0 Å². The molecule has 0 fully saturated rings. The van der Waals surface area contributed by atoms with E-state index in [-0.39, 0.29) is 0 Å². The van der Waals surface area contributed by atoms with Crippen molar-refractivity contribution in [3.63, 3.8) is 0 Å². The SMILES string of the molecule is Cc1nccn1Cc1cccc(CNc2nc(-c3ccccc3)cs2)c1. The van der Waals surface area contributed by atoms with Crippen LogP contribution in [0.5, 0.6) is 0 Å². The highest BCUT2D eigenvalue weighted by Crippen LogP contribution is 2.25. The summed E-state index contributed by atoms with van der Waals surface area (Å²) in [5.41, 5.74) is 4.68. The summed E-state index contributed by atoms with van der Waals surface area (Å²) >= 11 is 1.64. The van der Waals surface area contributed by atoms with Crippen molar-refractivity contribution in [1.82, 2.24) is 14.5 Å². The molecular formula is C21H20N4S. The van der Waals surface area contributed by atoms with Gasteiger partial charge in [-0.2, -0.15) is 0 Å². The van der Waals surface area contributed by atoms with Crippen LogP contribution in [0.3, 0.4) is 0 Å². The Balaban J connectivity index is 1.41. The van der Waals surface area contributed by atoms with Crippen LogP contribution < -0.4 is 5.32 Å². The van der Waals surface area contributed by atoms with Crippen LogP contribution in [0.25, 0.3) is 11.3 Å². The first-order valence-electron chi connectivity index (χ1n) is 8.58. The van der Waals surface area contributed by atoms with Crippen LogP contribution >= 0.6 is 11.3 Å². The summed E-state index contributed by atoms with van der Waals surface area (Å²) in [6.07, 6.45) is 3.86. The molecule has 4 aromatic rings. The molecule has 0 atom stereocenters. The Labute approximate surface area is 157 Å². The minimum Gasteiger partial charge on any atom is -0.357 e. The van der Waals surface area contributed by atoms with E-state index >= 15 is 0 Å². The monoisotopic (exact) mass is 360 g/mol. The number of nitrogens with one attached hydrogen (secondary N) is 1. The summed E-state index contributed by atoms with van der Waals surface area (Å²) in [6.45, 7) is 3.63. The summed E-state index contributed by atoms with van der Waals surface area (Å²) in [4.78, 5) is 8.97. The first-order valence-corrected chi connectivity index (χ1v) is 9.46. The highest BCUT2D eigenvalue weighted by atomic mass is 32.1. The first-order chi connectivity index (χ1) is 12.8. The van der Waals surface area contributed by atoms with Crippen LogP contribution in [0, 0.1) is 6.92 Å². The van der Waals surface area contributed by atoms with Crippen molar-refractivity contribution in [2.45, 2.75) is 20.0 Å². The highest BCUT2D eigenvalue weighted by Gasteiger charge is 2.05. The fraction of sp³-hybridized carbons (Fsp3) is 0.143. The second-order valence-electron chi connectivity index (χ2n) is 6.18. The minimum absolute atomic E-state index is 0.762. The topological polar surface area (TPSA) is 42.7 Å². The molecule has 0 spiro atoms. The van der Waals surface area contributed by atoms with E-state index in [1.54, 1.807) is 11.3 Å². The van der Waals surface area contributed by atoms with E-state index in [2.05, 4.69) is 61.6 Å². The maximum absolute atomic E-state index is 4.69. The third-order valence-corrected chi connectivity index (χ3v) is 5.09. The quantitative estimate of drug-likeness (QED) is 0.527. The number of nitrogens with zero attached hydrogens (tertiary/aromatic N) is 3. The Hall–Kier alpha value is -2.92. The average Bonchev–Trinajstić information content (AvgIpc) is 3.31. The first kappa shape index (κ1) is 16.5. The molecule has 2 aromatic heterocycles. The van der Waals surface area contributed by atoms with Gasteiger partial charge in [-0.25, -0.2) is 9.97 Å². The normalized spacial score (nSPS) is 10.8. The van der Waals surface area contributed by atoms with Crippen molar-refractivity contribution < 1.29 is 0 Å². The minimum atomic E-state index is 0.762. The third kappa shape index (κ3) is 3.83. The molecule has 0 aliphatic heterocycles. The number of hydrogen-bond donors (Lipinski definition) is 1. The third-order valence-electron chi connectivity index (χ3n) is 4.29. The van der Waals surface area contributed by atoms with Crippen LogP contribution in [0.2, 0.25) is 0 Å². The summed E-state index contributed by atoms with van der Waals surface area (Å²) in [6, 6.07) is 18.9. The molecule has 0 unspecified atom stereocenters. The number of anilines is 1. The molecule has 130 valence electrons. The van der Waals surface area contributed by atoms with Gasteiger partial charge in [0.2, 0.25) is 0 Å². The fourth-order valence-corrected chi connectivity index (χ4v) is 3.60. The van der Waals surface area contributed by atoms with E-state index in [1.165, 1.54) is 11.1 Å². The Morgan fingerprint density at radius 1 is 1.04 bits per heavy atom. The van der Waals surface area contributed by atoms with Gasteiger partial charge in [-0.15, -0.1) is 11.3 Å². The molecule has 5 heteroatoms. The van der Waals surface area contributed by atoms with Gasteiger partial charge in [0.05, 0.1) is 5.69 Å². The largest absolute Gasteiger partial charge is 0.357 e. The van der Waals surface area contributed by atoms with Gasteiger partial charge in [-0.1, -0.05) is 54.6 Å². The Kier molecular flexibility index (Phi) is 4.80. The predicted octanol–water partition coefficient (Wildman–Crippen LogP) is 4.98. The number of thiazole rings is 1. The number of rotatable bonds is 6. The van der Waals surface area contributed by atoms with Gasteiger partial charge >= 0.3 is 0 Å². The molecule has 0 amide bonds. The number of benzene rings is 2. The zero-order valence-electron chi connectivity index (χ0n) is 14.6. The van der Waals surface area contributed by atoms with Crippen molar-refractivity contribution in [2.75, 3.05) is 5.32 Å². The van der Waals surface area contributed by atoms with Gasteiger partial charge in [0.1, 0.15) is 5.82 Å². The van der Waals surface area contributed by atoms with Gasteiger partial charge in [0.25, 0.3) is 0 Å². The highest BCUT2D eigenvalue weighted by molar-refractivity contribution is 7.14. The zero-order chi connectivity index (χ0) is 17.8. The van der Waals surface area contributed by atoms with Crippen molar-refractivity contribution >= 4 is 16.5 Å². The van der Waals surface area contributed by atoms with Gasteiger partial charge in [-0.3, -0.25) is 0 Å². The summed E-state index contributed by atoms with van der Waals surface area (Å²) < 4.78 is 2.15. The van der Waals surface area contributed by atoms with Crippen LogP contribution in [0.4, 0.5) is 5.13 Å². The average molecular weight is 360 g/mol. The lowest BCUT2D eigenvalue weighted by Gasteiger charge is -2.08. The maximum atomic E-state index is 4.69. The molecule has 0 radical (unpaired) electrons. The molecule has 0 aliphatic carbocycles. The Morgan fingerprint density at radius 3 is 2.69 bits per heavy atom. The summed E-state index contributed by atoms with van der Waals surface area (Å²) in [7, 11) is 0. The van der Waals surface area contributed by atoms with E-state index in [9.17, 15) is 0 Å². The van der Waals surface area contributed by atoms with E-state index in [0.29, 0.717) is 0 Å². The lowest BCUT2D eigenvalue weighted by Crippen LogP contribution is -2.03. The predicted molar refractivity (Wildman–Crippen MR) is 107 cm³/mol. The Morgan fingerprint density at radius 2 is 1.88 bits per heavy atom. The van der Waals surface area contributed by atoms with Crippen LogP contribution in [-0.2, 0) is 13.1 Å². The summed E-state index contributed by atoms with van der Waals surface area (Å²) in [5, 5.41) is 6.47. The molecule has 26 heavy (non-hydrogen) atoms. The molecule has 2 aromatic carbocycles. The van der Waals surface area contributed by atoms with Gasteiger partial charge in [0, 0.05) is 36.4 Å². The lowest BCUT2D eigenvalue weighted by atomic mass is 10.1. The molecule has 0 bridgehead atoms. The van der Waals surface area contributed by atoms with Crippen molar-refractivity contribution in [3.8, 4) is 11.3 Å². The number of aryl methyl sites for hydroxylation is 1. The van der Waals surface area contributed by atoms with Crippen LogP contribution in [-0.4, -0.2) is 14.5 Å². The Bertz CT molecular complexity index is 988. The smallest absolute Gasteiger partial charge is 0.183 e. The van der Waals surface area contributed by atoms with Crippen molar-refractivity contribution in [3.05, 3.63) is 89.3 Å². The van der Waals surface area contributed by atoms with Crippen LogP contribution in [0.15, 0.2) is 72.4 Å². The van der Waals surface area contributed by atoms with Gasteiger partial charge in [-0.05, 0) is 18.1 Å². The molecule has 0 saturated carbocycles. The zero-order valence-corrected chi connectivity index (χ0v) is 15.4. The van der Waals surface area contributed by atoms with Gasteiger partial charge in [0.15, 0.2) is 5.13 Å². The second kappa shape index (κ2) is 7.54. The molecule has 0 aliphatic rings. The molecular weight excluding hydrogens is 340 g/mol. The molecule has 4 rings (SSSR count). The fourth-order valence-electron chi connectivity index (χ4n) is 2.88. The number of aromatic nitrogens is 3. The molecule has 2 heterocycles. The van der Waals surface area contributed by atoms with E-state index in [4.69, 9.17) is 0 Å². The summed E-state index contributed by atoms with van der Waals surface area (Å²) in [5.74, 6) is 1.03. The maximum Gasteiger partial charge on any atom is 0.183 e. The molecule has 0 saturated heterocycles. The number of imidazole rings is 1. The molecule has 4 nitrogen and oxygen atoms in total. The standard InChI is InChI=1S/C21H20N4S/c1-16-22-10-11-25(16)14-18-7-5-6-17(12-18)13-23-21-24-20(15-26-21)19-8-3-2-4-9-19/h2-12,15H,13-14H2,1H3,(H,23,24). The van der Waals surface area contributed by atoms with E-state index in [1.807, 2.05) is 37.5 Å². The second-order valence-corrected chi connectivity index (χ2v) is 7.04. The van der Waals surface area contributed by atoms with Crippen molar-refractivity contribution in [1.29, 1.82) is 0 Å². The lowest BCUT2D eigenvalue weighted by molar-refractivity contribution is 0.760.